The highest BCUT2D eigenvalue weighted by molar-refractivity contribution is 6.30. The van der Waals surface area contributed by atoms with Crippen molar-refractivity contribution in [1.29, 1.82) is 0 Å². The maximum absolute atomic E-state index is 8.99. The number of aromatic hydroxyl groups is 1. The Labute approximate surface area is 63.6 Å². The van der Waals surface area contributed by atoms with Gasteiger partial charge in [-0.25, -0.2) is 0 Å². The summed E-state index contributed by atoms with van der Waals surface area (Å²) in [6, 6.07) is 4.44. The van der Waals surface area contributed by atoms with Gasteiger partial charge < -0.3 is 5.11 Å². The van der Waals surface area contributed by atoms with Gasteiger partial charge in [0.1, 0.15) is 5.75 Å². The summed E-state index contributed by atoms with van der Waals surface area (Å²) in [5, 5.41) is 18.0. The number of hydrogen-bond acceptors (Lipinski definition) is 1. The maximum Gasteiger partial charge on any atom is 0.124 e. The van der Waals surface area contributed by atoms with Crippen molar-refractivity contribution < 1.29 is 5.11 Å². The molecule has 0 atom stereocenters. The van der Waals surface area contributed by atoms with E-state index >= 15 is 0 Å². The highest BCUT2D eigenvalue weighted by Gasteiger charge is 1.96. The summed E-state index contributed by atoms with van der Waals surface area (Å²) in [5.74, 6) is 0.0203. The fourth-order valence-electron chi connectivity index (χ4n) is 0.629. The molecule has 0 aliphatic heterocycles. The topological polar surface area (TPSA) is 42.5 Å². The van der Waals surface area contributed by atoms with Crippen LogP contribution in [0.1, 0.15) is 5.56 Å². The van der Waals surface area contributed by atoms with Crippen molar-refractivity contribution in [1.82, 2.24) is 5.41 Å². The van der Waals surface area contributed by atoms with Gasteiger partial charge in [0, 0.05) is 10.6 Å². The maximum atomic E-state index is 8.99. The van der Waals surface area contributed by atoms with Crippen molar-refractivity contribution in [3.05, 3.63) is 28.8 Å². The van der Waals surface area contributed by atoms with Crippen molar-refractivity contribution in [3.63, 3.8) is 0 Å². The normalized spacial score (nSPS) is 9.30. The summed E-state index contributed by atoms with van der Waals surface area (Å²) in [5.41, 5.74) is 0.326. The first kappa shape index (κ1) is 7.09. The van der Waals surface area contributed by atoms with Gasteiger partial charge in [-0.1, -0.05) is 11.6 Å². The molecule has 1 aromatic carbocycles. The van der Waals surface area contributed by atoms with Crippen LogP contribution in [0.15, 0.2) is 18.2 Å². The minimum absolute atomic E-state index is 0.0203. The molecule has 2 nitrogen and oxygen atoms in total. The van der Waals surface area contributed by atoms with Gasteiger partial charge in [0.2, 0.25) is 0 Å². The second kappa shape index (κ2) is 2.71. The van der Waals surface area contributed by atoms with E-state index in [1.807, 2.05) is 0 Å². The van der Waals surface area contributed by atoms with Crippen LogP contribution in [0, 0.1) is 0 Å². The summed E-state index contributed by atoms with van der Waals surface area (Å²) in [4.78, 5) is 0. The van der Waals surface area contributed by atoms with E-state index in [0.717, 1.165) is 6.21 Å². The highest BCUT2D eigenvalue weighted by atomic mass is 35.5. The Morgan fingerprint density at radius 3 is 2.70 bits per heavy atom. The molecule has 1 aromatic rings. The number of nitrogens with zero attached hydrogens (tertiary/aromatic N) is 1. The molecule has 0 heterocycles. The molecule has 0 fully saturated rings. The lowest BCUT2D eigenvalue weighted by atomic mass is 10.2. The van der Waals surface area contributed by atoms with E-state index < -0.39 is 0 Å². The minimum atomic E-state index is 0.0203. The molecule has 51 valence electrons. The van der Waals surface area contributed by atoms with E-state index in [-0.39, 0.29) is 5.75 Å². The third-order valence-corrected chi connectivity index (χ3v) is 1.36. The zero-order valence-electron chi connectivity index (χ0n) is 5.08. The van der Waals surface area contributed by atoms with Gasteiger partial charge >= 0.3 is 0 Å². The van der Waals surface area contributed by atoms with Crippen LogP contribution in [0.25, 0.3) is 0 Å². The lowest BCUT2D eigenvalue weighted by Gasteiger charge is -1.95. The zero-order valence-corrected chi connectivity index (χ0v) is 5.84. The molecule has 0 amide bonds. The SMILES string of the molecule is [N]=Cc1cc(Cl)ccc1O. The predicted molar refractivity (Wildman–Crippen MR) is 40.4 cm³/mol. The smallest absolute Gasteiger partial charge is 0.124 e. The van der Waals surface area contributed by atoms with Crippen molar-refractivity contribution >= 4 is 17.8 Å². The Balaban J connectivity index is 3.21. The fourth-order valence-corrected chi connectivity index (χ4v) is 0.809. The van der Waals surface area contributed by atoms with Crippen LogP contribution >= 0.6 is 11.6 Å². The van der Waals surface area contributed by atoms with E-state index in [0.29, 0.717) is 10.6 Å². The van der Waals surface area contributed by atoms with E-state index in [4.69, 9.17) is 22.1 Å². The summed E-state index contributed by atoms with van der Waals surface area (Å²) in [6.45, 7) is 0. The number of halogens is 1. The van der Waals surface area contributed by atoms with Crippen LogP contribution in [0.5, 0.6) is 5.75 Å². The van der Waals surface area contributed by atoms with Crippen LogP contribution in [0.2, 0.25) is 5.02 Å². The standard InChI is InChI=1S/C7H5ClNO/c8-6-1-2-7(10)5(3-6)4-9/h1-4,10H. The van der Waals surface area contributed by atoms with Crippen LogP contribution in [-0.2, 0) is 0 Å². The van der Waals surface area contributed by atoms with Gasteiger partial charge in [0.25, 0.3) is 0 Å². The first-order valence-electron chi connectivity index (χ1n) is 2.70. The molecular formula is C7H5ClNO. The van der Waals surface area contributed by atoms with Gasteiger partial charge in [-0.2, -0.15) is 5.41 Å². The summed E-state index contributed by atoms with van der Waals surface area (Å²) in [7, 11) is 0. The van der Waals surface area contributed by atoms with Crippen molar-refractivity contribution in [3.8, 4) is 5.75 Å². The number of phenols is 1. The monoisotopic (exact) mass is 154 g/mol. The van der Waals surface area contributed by atoms with Crippen LogP contribution < -0.4 is 5.41 Å². The number of phenolic OH excluding ortho intramolecular Hbond substituents is 1. The molecule has 1 radical (unpaired) electrons. The van der Waals surface area contributed by atoms with E-state index in [2.05, 4.69) is 0 Å². The second-order valence-corrected chi connectivity index (χ2v) is 2.27. The summed E-state index contributed by atoms with van der Waals surface area (Å²) >= 11 is 5.55. The molecule has 0 aliphatic rings. The van der Waals surface area contributed by atoms with Crippen molar-refractivity contribution in [2.45, 2.75) is 0 Å². The van der Waals surface area contributed by atoms with Crippen LogP contribution in [0.3, 0.4) is 0 Å². The molecule has 0 unspecified atom stereocenters. The molecule has 10 heavy (non-hydrogen) atoms. The molecule has 0 saturated heterocycles. The van der Waals surface area contributed by atoms with Gasteiger partial charge in [0.05, 0.1) is 6.21 Å². The second-order valence-electron chi connectivity index (χ2n) is 1.83. The highest BCUT2D eigenvalue weighted by Crippen LogP contribution is 2.18. The summed E-state index contributed by atoms with van der Waals surface area (Å²) < 4.78 is 0. The Kier molecular flexibility index (Phi) is 1.92. The zero-order chi connectivity index (χ0) is 7.56. The fraction of sp³-hybridized carbons (Fsp3) is 0. The van der Waals surface area contributed by atoms with Crippen LogP contribution in [0.4, 0.5) is 0 Å². The van der Waals surface area contributed by atoms with Gasteiger partial charge in [0.15, 0.2) is 0 Å². The molecule has 1 rings (SSSR count). The molecule has 0 bridgehead atoms. The third-order valence-electron chi connectivity index (χ3n) is 1.13. The largest absolute Gasteiger partial charge is 0.507 e. The van der Waals surface area contributed by atoms with Gasteiger partial charge in [-0.05, 0) is 18.2 Å². The lowest BCUT2D eigenvalue weighted by molar-refractivity contribution is 0.474. The first-order valence-corrected chi connectivity index (χ1v) is 3.08. The van der Waals surface area contributed by atoms with Gasteiger partial charge in [-0.3, -0.25) is 0 Å². The van der Waals surface area contributed by atoms with Crippen molar-refractivity contribution in [2.24, 2.45) is 0 Å². The van der Waals surface area contributed by atoms with E-state index in [9.17, 15) is 0 Å². The molecular weight excluding hydrogens is 150 g/mol. The molecule has 0 aromatic heterocycles. The number of hydrogen-bond donors (Lipinski definition) is 1. The molecule has 0 spiro atoms. The Bertz CT molecular complexity index is 260. The molecule has 1 N–H and O–H groups in total. The Hall–Kier alpha value is -1.02. The summed E-state index contributed by atoms with van der Waals surface area (Å²) in [6.07, 6.45) is 0.807. The van der Waals surface area contributed by atoms with Crippen molar-refractivity contribution in [2.75, 3.05) is 0 Å². The van der Waals surface area contributed by atoms with E-state index in [1.54, 1.807) is 6.07 Å². The van der Waals surface area contributed by atoms with E-state index in [1.165, 1.54) is 12.1 Å². The Morgan fingerprint density at radius 1 is 1.50 bits per heavy atom. The quantitative estimate of drug-likeness (QED) is 0.608. The third kappa shape index (κ3) is 1.28. The molecule has 0 aliphatic carbocycles. The van der Waals surface area contributed by atoms with Crippen LogP contribution in [-0.4, -0.2) is 11.3 Å². The molecule has 3 heteroatoms. The minimum Gasteiger partial charge on any atom is -0.507 e. The first-order chi connectivity index (χ1) is 4.74. The lowest BCUT2D eigenvalue weighted by Crippen LogP contribution is -1.81. The average molecular weight is 155 g/mol. The predicted octanol–water partition coefficient (Wildman–Crippen LogP) is 1.26. The Morgan fingerprint density at radius 2 is 2.20 bits per heavy atom. The number of rotatable bonds is 1. The van der Waals surface area contributed by atoms with Gasteiger partial charge in [-0.15, -0.1) is 0 Å². The average Bonchev–Trinajstić information content (AvgIpc) is 1.94. The number of benzene rings is 1. The molecule has 0 saturated carbocycles.